The van der Waals surface area contributed by atoms with Gasteiger partial charge in [-0.1, -0.05) is 13.0 Å². The molecule has 7 heteroatoms. The summed E-state index contributed by atoms with van der Waals surface area (Å²) >= 11 is 0. The molecular weight excluding hydrogens is 330 g/mol. The fraction of sp³-hybridized carbons (Fsp3) is 0.526. The summed E-state index contributed by atoms with van der Waals surface area (Å²) in [5, 5.41) is 6.18. The van der Waals surface area contributed by atoms with Crippen LogP contribution in [0.2, 0.25) is 0 Å². The summed E-state index contributed by atoms with van der Waals surface area (Å²) in [5.41, 5.74) is 2.30. The number of imidazole rings is 1. The number of aromatic nitrogens is 2. The standard InChI is InChI=1S/C19H27N5O2/c1-4-23(3)12-18(25)21-14-8-9-15(10-14)22-19(26)16-6-5-7-17-20-11-13(2)24(16)17/h5-7,11,14-15H,4,8-10,12H2,1-3H3,(H,21,25)(H,22,26)/t14-,15+/m1/s1. The first kappa shape index (κ1) is 18.4. The molecule has 0 aromatic carbocycles. The molecule has 2 atom stereocenters. The van der Waals surface area contributed by atoms with Crippen molar-refractivity contribution in [1.29, 1.82) is 0 Å². The molecule has 2 amide bonds. The van der Waals surface area contributed by atoms with Crippen LogP contribution in [0.3, 0.4) is 0 Å². The van der Waals surface area contributed by atoms with Gasteiger partial charge in [-0.3, -0.25) is 18.9 Å². The maximum absolute atomic E-state index is 12.7. The van der Waals surface area contributed by atoms with E-state index in [1.807, 2.05) is 48.4 Å². The number of likely N-dealkylation sites (N-methyl/N-ethyl adjacent to an activating group) is 1. The molecule has 0 aliphatic heterocycles. The van der Waals surface area contributed by atoms with Gasteiger partial charge in [0.25, 0.3) is 5.91 Å². The van der Waals surface area contributed by atoms with Crippen molar-refractivity contribution >= 4 is 17.5 Å². The Hall–Kier alpha value is -2.41. The Morgan fingerprint density at radius 2 is 2.00 bits per heavy atom. The van der Waals surface area contributed by atoms with Gasteiger partial charge in [-0.2, -0.15) is 0 Å². The Morgan fingerprint density at radius 1 is 1.27 bits per heavy atom. The predicted molar refractivity (Wildman–Crippen MR) is 100 cm³/mol. The number of amides is 2. The van der Waals surface area contributed by atoms with Gasteiger partial charge in [0.05, 0.1) is 6.54 Å². The smallest absolute Gasteiger partial charge is 0.268 e. The van der Waals surface area contributed by atoms with Gasteiger partial charge in [0, 0.05) is 24.0 Å². The summed E-state index contributed by atoms with van der Waals surface area (Å²) in [6, 6.07) is 5.75. The van der Waals surface area contributed by atoms with Crippen LogP contribution in [0.4, 0.5) is 0 Å². The van der Waals surface area contributed by atoms with Crippen molar-refractivity contribution in [1.82, 2.24) is 24.9 Å². The van der Waals surface area contributed by atoms with Crippen molar-refractivity contribution in [3.63, 3.8) is 0 Å². The zero-order valence-corrected chi connectivity index (χ0v) is 15.7. The summed E-state index contributed by atoms with van der Waals surface area (Å²) in [4.78, 5) is 31.0. The van der Waals surface area contributed by atoms with Crippen molar-refractivity contribution in [3.05, 3.63) is 35.8 Å². The van der Waals surface area contributed by atoms with Gasteiger partial charge in [-0.15, -0.1) is 0 Å². The molecule has 0 spiro atoms. The Bertz CT molecular complexity index is 800. The van der Waals surface area contributed by atoms with Gasteiger partial charge in [0.15, 0.2) is 0 Å². The molecule has 1 fully saturated rings. The molecule has 2 N–H and O–H groups in total. The van der Waals surface area contributed by atoms with Gasteiger partial charge in [0.1, 0.15) is 11.3 Å². The molecule has 1 aliphatic rings. The number of hydrogen-bond acceptors (Lipinski definition) is 4. The molecule has 2 aromatic heterocycles. The lowest BCUT2D eigenvalue weighted by molar-refractivity contribution is -0.122. The van der Waals surface area contributed by atoms with Crippen molar-refractivity contribution in [2.75, 3.05) is 20.1 Å². The quantitative estimate of drug-likeness (QED) is 0.818. The summed E-state index contributed by atoms with van der Waals surface area (Å²) in [6.45, 7) is 5.21. The molecule has 7 nitrogen and oxygen atoms in total. The van der Waals surface area contributed by atoms with E-state index >= 15 is 0 Å². The highest BCUT2D eigenvalue weighted by molar-refractivity contribution is 5.93. The van der Waals surface area contributed by atoms with E-state index in [1.54, 1.807) is 6.20 Å². The molecule has 26 heavy (non-hydrogen) atoms. The minimum Gasteiger partial charge on any atom is -0.352 e. The Labute approximate surface area is 153 Å². The van der Waals surface area contributed by atoms with Gasteiger partial charge < -0.3 is 10.6 Å². The predicted octanol–water partition coefficient (Wildman–Crippen LogP) is 1.36. The van der Waals surface area contributed by atoms with Crippen LogP contribution in [0.15, 0.2) is 24.4 Å². The molecule has 0 saturated heterocycles. The number of nitrogens with one attached hydrogen (secondary N) is 2. The van der Waals surface area contributed by atoms with Crippen molar-refractivity contribution < 1.29 is 9.59 Å². The third-order valence-corrected chi connectivity index (χ3v) is 5.02. The molecule has 2 aromatic rings. The number of pyridine rings is 1. The summed E-state index contributed by atoms with van der Waals surface area (Å²) in [6.07, 6.45) is 4.30. The highest BCUT2D eigenvalue weighted by Crippen LogP contribution is 2.20. The SMILES string of the molecule is CCN(C)CC(=O)N[C@@H]1CC[C@H](NC(=O)c2cccc3ncc(C)n23)C1. The number of nitrogens with zero attached hydrogens (tertiary/aromatic N) is 3. The minimum atomic E-state index is -0.0978. The van der Waals surface area contributed by atoms with Crippen LogP contribution in [0.5, 0.6) is 0 Å². The molecule has 140 valence electrons. The molecule has 0 bridgehead atoms. The Morgan fingerprint density at radius 3 is 2.73 bits per heavy atom. The summed E-state index contributed by atoms with van der Waals surface area (Å²) < 4.78 is 1.87. The van der Waals surface area contributed by atoms with Crippen LogP contribution in [-0.4, -0.2) is 58.3 Å². The number of aryl methyl sites for hydroxylation is 1. The van der Waals surface area contributed by atoms with Gasteiger partial charge >= 0.3 is 0 Å². The lowest BCUT2D eigenvalue weighted by Gasteiger charge is -2.18. The average molecular weight is 357 g/mol. The third kappa shape index (κ3) is 4.04. The van der Waals surface area contributed by atoms with E-state index in [4.69, 9.17) is 0 Å². The summed E-state index contributed by atoms with van der Waals surface area (Å²) in [5.74, 6) is -0.0514. The van der Waals surface area contributed by atoms with Gasteiger partial charge in [0.2, 0.25) is 5.91 Å². The highest BCUT2D eigenvalue weighted by atomic mass is 16.2. The molecule has 1 aliphatic carbocycles. The van der Waals surface area contributed by atoms with Crippen LogP contribution < -0.4 is 10.6 Å². The van der Waals surface area contributed by atoms with E-state index in [0.717, 1.165) is 37.1 Å². The van der Waals surface area contributed by atoms with Gasteiger partial charge in [-0.25, -0.2) is 4.98 Å². The minimum absolute atomic E-state index is 0.0464. The van der Waals surface area contributed by atoms with Crippen LogP contribution in [0, 0.1) is 6.92 Å². The second-order valence-electron chi connectivity index (χ2n) is 7.08. The van der Waals surface area contributed by atoms with E-state index in [0.29, 0.717) is 12.2 Å². The largest absolute Gasteiger partial charge is 0.352 e. The maximum atomic E-state index is 12.7. The van der Waals surface area contributed by atoms with E-state index in [-0.39, 0.29) is 23.9 Å². The third-order valence-electron chi connectivity index (χ3n) is 5.02. The number of rotatable bonds is 6. The second kappa shape index (κ2) is 7.86. The first-order valence-corrected chi connectivity index (χ1v) is 9.19. The molecule has 3 rings (SSSR count). The fourth-order valence-corrected chi connectivity index (χ4v) is 3.50. The summed E-state index contributed by atoms with van der Waals surface area (Å²) in [7, 11) is 1.93. The number of hydrogen-bond donors (Lipinski definition) is 2. The zero-order chi connectivity index (χ0) is 18.7. The van der Waals surface area contributed by atoms with E-state index in [2.05, 4.69) is 15.6 Å². The van der Waals surface area contributed by atoms with Crippen LogP contribution in [-0.2, 0) is 4.79 Å². The van der Waals surface area contributed by atoms with Crippen molar-refractivity contribution in [2.24, 2.45) is 0 Å². The number of carbonyl (C=O) groups is 2. The monoisotopic (exact) mass is 357 g/mol. The fourth-order valence-electron chi connectivity index (χ4n) is 3.50. The molecule has 0 unspecified atom stereocenters. The lowest BCUT2D eigenvalue weighted by atomic mass is 10.2. The van der Waals surface area contributed by atoms with Crippen molar-refractivity contribution in [2.45, 2.75) is 45.2 Å². The first-order chi connectivity index (χ1) is 12.5. The molecule has 1 saturated carbocycles. The maximum Gasteiger partial charge on any atom is 0.268 e. The molecular formula is C19H27N5O2. The van der Waals surface area contributed by atoms with Crippen molar-refractivity contribution in [3.8, 4) is 0 Å². The Balaban J connectivity index is 1.57. The first-order valence-electron chi connectivity index (χ1n) is 9.19. The topological polar surface area (TPSA) is 78.7 Å². The van der Waals surface area contributed by atoms with E-state index in [1.165, 1.54) is 0 Å². The van der Waals surface area contributed by atoms with Gasteiger partial charge in [-0.05, 0) is 51.9 Å². The van der Waals surface area contributed by atoms with Crippen LogP contribution in [0.25, 0.3) is 5.65 Å². The Kier molecular flexibility index (Phi) is 5.56. The van der Waals surface area contributed by atoms with E-state index in [9.17, 15) is 9.59 Å². The zero-order valence-electron chi connectivity index (χ0n) is 15.7. The average Bonchev–Trinajstić information content (AvgIpc) is 3.21. The molecule has 2 heterocycles. The second-order valence-corrected chi connectivity index (χ2v) is 7.08. The van der Waals surface area contributed by atoms with Crippen LogP contribution in [0.1, 0.15) is 42.4 Å². The number of fused-ring (bicyclic) bond motifs is 1. The highest BCUT2D eigenvalue weighted by Gasteiger charge is 2.28. The normalized spacial score (nSPS) is 19.8. The molecule has 0 radical (unpaired) electrons. The lowest BCUT2D eigenvalue weighted by Crippen LogP contribution is -2.41. The van der Waals surface area contributed by atoms with E-state index < -0.39 is 0 Å². The number of carbonyl (C=O) groups excluding carboxylic acids is 2. The van der Waals surface area contributed by atoms with Crippen LogP contribution >= 0.6 is 0 Å².